The van der Waals surface area contributed by atoms with E-state index in [0.29, 0.717) is 6.04 Å². The summed E-state index contributed by atoms with van der Waals surface area (Å²) in [4.78, 5) is 0. The quantitative estimate of drug-likeness (QED) is 0.861. The van der Waals surface area contributed by atoms with Crippen LogP contribution in [0.1, 0.15) is 76.3 Å². The summed E-state index contributed by atoms with van der Waals surface area (Å²) in [5.41, 5.74) is 2.81. The minimum atomic E-state index is -0.265. The van der Waals surface area contributed by atoms with E-state index in [9.17, 15) is 5.11 Å². The summed E-state index contributed by atoms with van der Waals surface area (Å²) >= 11 is 0. The molecular formula is C17H27NO. The molecule has 2 unspecified atom stereocenters. The molecule has 0 spiro atoms. The zero-order valence-electron chi connectivity index (χ0n) is 12.5. The van der Waals surface area contributed by atoms with E-state index in [4.69, 9.17) is 0 Å². The minimum absolute atomic E-state index is 0.223. The molecule has 0 saturated heterocycles. The van der Waals surface area contributed by atoms with Gasteiger partial charge in [-0.15, -0.1) is 0 Å². The van der Waals surface area contributed by atoms with Crippen LogP contribution < -0.4 is 0 Å². The molecule has 0 amide bonds. The van der Waals surface area contributed by atoms with Crippen LogP contribution in [0.4, 0.5) is 0 Å². The zero-order valence-corrected chi connectivity index (χ0v) is 12.5. The van der Waals surface area contributed by atoms with Crippen LogP contribution in [0.2, 0.25) is 0 Å². The Morgan fingerprint density at radius 3 is 2.79 bits per heavy atom. The summed E-state index contributed by atoms with van der Waals surface area (Å²) in [5, 5.41) is 10.3. The summed E-state index contributed by atoms with van der Waals surface area (Å²) in [6, 6.07) is 2.79. The zero-order chi connectivity index (χ0) is 13.6. The van der Waals surface area contributed by atoms with Gasteiger partial charge in [-0.2, -0.15) is 0 Å². The molecule has 0 aliphatic heterocycles. The standard InChI is InChI=1S/C17H27NO/c1-4-13(9-12-5-6-12)18-8-7-14-15(18)10-17(2,3)11-16(14)19/h7-8,12-13,16,19H,4-6,9-11H2,1-3H3. The molecule has 2 nitrogen and oxygen atoms in total. The Labute approximate surface area is 116 Å². The molecule has 1 aromatic heterocycles. The van der Waals surface area contributed by atoms with Crippen LogP contribution >= 0.6 is 0 Å². The number of hydrogen-bond acceptors (Lipinski definition) is 1. The molecule has 2 aliphatic rings. The molecule has 106 valence electrons. The first-order valence-electron chi connectivity index (χ1n) is 7.88. The summed E-state index contributed by atoms with van der Waals surface area (Å²) in [6.45, 7) is 6.85. The van der Waals surface area contributed by atoms with Crippen LogP contribution in [0.25, 0.3) is 0 Å². The van der Waals surface area contributed by atoms with E-state index in [1.807, 2.05) is 0 Å². The maximum absolute atomic E-state index is 10.3. The van der Waals surface area contributed by atoms with Crippen molar-refractivity contribution in [2.45, 2.75) is 71.4 Å². The van der Waals surface area contributed by atoms with E-state index in [0.717, 1.165) is 18.8 Å². The molecule has 0 aromatic carbocycles. The van der Waals surface area contributed by atoms with E-state index < -0.39 is 0 Å². The van der Waals surface area contributed by atoms with Crippen molar-refractivity contribution in [1.29, 1.82) is 0 Å². The van der Waals surface area contributed by atoms with Crippen molar-refractivity contribution in [1.82, 2.24) is 4.57 Å². The van der Waals surface area contributed by atoms with Gasteiger partial charge in [-0.3, -0.25) is 0 Å². The number of aliphatic hydroxyl groups is 1. The second-order valence-electron chi connectivity index (χ2n) is 7.43. The van der Waals surface area contributed by atoms with Gasteiger partial charge in [0.05, 0.1) is 6.10 Å². The molecular weight excluding hydrogens is 234 g/mol. The Bertz CT molecular complexity index is 456. The number of nitrogens with zero attached hydrogens (tertiary/aromatic N) is 1. The van der Waals surface area contributed by atoms with Gasteiger partial charge in [0.25, 0.3) is 0 Å². The molecule has 3 rings (SSSR count). The van der Waals surface area contributed by atoms with Crippen LogP contribution in [0.3, 0.4) is 0 Å². The van der Waals surface area contributed by atoms with Crippen molar-refractivity contribution in [2.24, 2.45) is 11.3 Å². The fraction of sp³-hybridized carbons (Fsp3) is 0.765. The van der Waals surface area contributed by atoms with Crippen LogP contribution in [-0.2, 0) is 6.42 Å². The highest BCUT2D eigenvalue weighted by atomic mass is 16.3. The normalized spacial score (nSPS) is 27.1. The maximum Gasteiger partial charge on any atom is 0.0812 e. The maximum atomic E-state index is 10.3. The topological polar surface area (TPSA) is 25.2 Å². The van der Waals surface area contributed by atoms with Crippen LogP contribution in [0.15, 0.2) is 12.3 Å². The predicted molar refractivity (Wildman–Crippen MR) is 78.2 cm³/mol. The first kappa shape index (κ1) is 13.2. The highest BCUT2D eigenvalue weighted by Gasteiger charge is 2.35. The van der Waals surface area contributed by atoms with Crippen molar-refractivity contribution in [2.75, 3.05) is 0 Å². The summed E-state index contributed by atoms with van der Waals surface area (Å²) in [6.07, 6.45) is 9.34. The highest BCUT2D eigenvalue weighted by molar-refractivity contribution is 5.29. The van der Waals surface area contributed by atoms with Gasteiger partial charge in [-0.25, -0.2) is 0 Å². The molecule has 1 aromatic rings. The Morgan fingerprint density at radius 2 is 2.16 bits per heavy atom. The van der Waals surface area contributed by atoms with E-state index in [1.54, 1.807) is 0 Å². The number of aliphatic hydroxyl groups excluding tert-OH is 1. The summed E-state index contributed by atoms with van der Waals surface area (Å²) in [5.74, 6) is 0.963. The molecule has 2 heteroatoms. The minimum Gasteiger partial charge on any atom is -0.388 e. The van der Waals surface area contributed by atoms with Crippen LogP contribution in [0.5, 0.6) is 0 Å². The van der Waals surface area contributed by atoms with Gasteiger partial charge in [0, 0.05) is 23.5 Å². The van der Waals surface area contributed by atoms with Crippen molar-refractivity contribution in [3.05, 3.63) is 23.5 Å². The number of hydrogen-bond donors (Lipinski definition) is 1. The van der Waals surface area contributed by atoms with Gasteiger partial charge in [-0.1, -0.05) is 33.6 Å². The van der Waals surface area contributed by atoms with Crippen LogP contribution in [-0.4, -0.2) is 9.67 Å². The fourth-order valence-electron chi connectivity index (χ4n) is 3.71. The lowest BCUT2D eigenvalue weighted by molar-refractivity contribution is 0.0972. The number of fused-ring (bicyclic) bond motifs is 1. The van der Waals surface area contributed by atoms with E-state index in [-0.39, 0.29) is 11.5 Å². The molecule has 0 radical (unpaired) electrons. The van der Waals surface area contributed by atoms with Crippen molar-refractivity contribution in [3.8, 4) is 0 Å². The first-order chi connectivity index (χ1) is 9.00. The smallest absolute Gasteiger partial charge is 0.0812 e. The Balaban J connectivity index is 1.90. The van der Waals surface area contributed by atoms with Gasteiger partial charge >= 0.3 is 0 Å². The first-order valence-corrected chi connectivity index (χ1v) is 7.88. The number of rotatable bonds is 4. The van der Waals surface area contributed by atoms with Gasteiger partial charge in [0.2, 0.25) is 0 Å². The summed E-state index contributed by atoms with van der Waals surface area (Å²) < 4.78 is 2.48. The molecule has 2 aliphatic carbocycles. The number of aromatic nitrogens is 1. The SMILES string of the molecule is CCC(CC1CC1)n1ccc2c1CC(C)(C)CC2O. The van der Waals surface area contributed by atoms with Crippen molar-refractivity contribution in [3.63, 3.8) is 0 Å². The van der Waals surface area contributed by atoms with Gasteiger partial charge < -0.3 is 9.67 Å². The second-order valence-corrected chi connectivity index (χ2v) is 7.43. The average Bonchev–Trinajstić information content (AvgIpc) is 3.05. The van der Waals surface area contributed by atoms with E-state index in [2.05, 4.69) is 37.6 Å². The van der Waals surface area contributed by atoms with E-state index >= 15 is 0 Å². The van der Waals surface area contributed by atoms with Crippen molar-refractivity contribution < 1.29 is 5.11 Å². The third-order valence-corrected chi connectivity index (χ3v) is 4.98. The molecule has 2 atom stereocenters. The largest absolute Gasteiger partial charge is 0.388 e. The van der Waals surface area contributed by atoms with Gasteiger partial charge in [-0.05, 0) is 43.1 Å². The lowest BCUT2D eigenvalue weighted by Gasteiger charge is -2.35. The molecule has 19 heavy (non-hydrogen) atoms. The molecule has 1 fully saturated rings. The van der Waals surface area contributed by atoms with Crippen molar-refractivity contribution >= 4 is 0 Å². The Kier molecular flexibility index (Phi) is 3.24. The Hall–Kier alpha value is -0.760. The lowest BCUT2D eigenvalue weighted by Crippen LogP contribution is -2.27. The third-order valence-electron chi connectivity index (χ3n) is 4.98. The molecule has 1 N–H and O–H groups in total. The lowest BCUT2D eigenvalue weighted by atomic mass is 9.75. The molecule has 0 bridgehead atoms. The van der Waals surface area contributed by atoms with Crippen LogP contribution in [0, 0.1) is 11.3 Å². The van der Waals surface area contributed by atoms with Gasteiger partial charge in [0.1, 0.15) is 0 Å². The summed E-state index contributed by atoms with van der Waals surface area (Å²) in [7, 11) is 0. The predicted octanol–water partition coefficient (Wildman–Crippen LogP) is 4.25. The Morgan fingerprint density at radius 1 is 1.42 bits per heavy atom. The average molecular weight is 261 g/mol. The fourth-order valence-corrected chi connectivity index (χ4v) is 3.71. The molecule has 1 saturated carbocycles. The monoisotopic (exact) mass is 261 g/mol. The van der Waals surface area contributed by atoms with Gasteiger partial charge in [0.15, 0.2) is 0 Å². The third kappa shape index (κ3) is 2.60. The second kappa shape index (κ2) is 4.66. The van der Waals surface area contributed by atoms with E-state index in [1.165, 1.54) is 36.9 Å². The highest BCUT2D eigenvalue weighted by Crippen LogP contribution is 2.44. The molecule has 1 heterocycles.